The minimum absolute atomic E-state index is 0.188. The predicted octanol–water partition coefficient (Wildman–Crippen LogP) is 1.67. The van der Waals surface area contributed by atoms with Crippen LogP contribution in [0.4, 0.5) is 5.69 Å². The minimum Gasteiger partial charge on any atom is -0.481 e. The lowest BCUT2D eigenvalue weighted by atomic mass is 10.1. The zero-order valence-electron chi connectivity index (χ0n) is 9.98. The van der Waals surface area contributed by atoms with E-state index in [-0.39, 0.29) is 6.42 Å². The highest BCUT2D eigenvalue weighted by Crippen LogP contribution is 2.31. The third-order valence-corrected chi connectivity index (χ3v) is 3.12. The number of aliphatic carboxylic acids is 1. The molecule has 1 N–H and O–H groups in total. The molecule has 0 bridgehead atoms. The largest absolute Gasteiger partial charge is 0.481 e. The van der Waals surface area contributed by atoms with E-state index in [1.807, 2.05) is 6.07 Å². The van der Waals surface area contributed by atoms with Crippen molar-refractivity contribution >= 4 is 11.7 Å². The molecule has 0 saturated carbocycles. The van der Waals surface area contributed by atoms with Gasteiger partial charge in [-0.3, -0.25) is 4.79 Å². The van der Waals surface area contributed by atoms with Crippen LogP contribution >= 0.6 is 0 Å². The van der Waals surface area contributed by atoms with Gasteiger partial charge in [-0.05, 0) is 23.6 Å². The van der Waals surface area contributed by atoms with Crippen LogP contribution in [0.15, 0.2) is 18.2 Å². The average Bonchev–Trinajstić information content (AvgIpc) is 2.71. The molecule has 1 aromatic rings. The van der Waals surface area contributed by atoms with Gasteiger partial charge in [-0.1, -0.05) is 12.1 Å². The number of carbonyl (C=O) groups is 1. The van der Waals surface area contributed by atoms with Crippen molar-refractivity contribution in [2.45, 2.75) is 19.4 Å². The molecule has 0 aromatic heterocycles. The van der Waals surface area contributed by atoms with Gasteiger partial charge in [-0.2, -0.15) is 0 Å². The van der Waals surface area contributed by atoms with Gasteiger partial charge in [0.05, 0.1) is 13.0 Å². The first-order chi connectivity index (χ1) is 8.22. The second-order valence-electron chi connectivity index (χ2n) is 4.23. The Balaban J connectivity index is 2.14. The summed E-state index contributed by atoms with van der Waals surface area (Å²) < 4.78 is 5.17. The SMILES string of the molecule is COCc1cccc2c1CCN2CCC(=O)O. The molecular formula is C13H17NO3. The van der Waals surface area contributed by atoms with E-state index in [0.717, 1.165) is 13.0 Å². The number of nitrogens with zero attached hydrogens (tertiary/aromatic N) is 1. The lowest BCUT2D eigenvalue weighted by Crippen LogP contribution is -2.23. The van der Waals surface area contributed by atoms with E-state index in [0.29, 0.717) is 13.2 Å². The van der Waals surface area contributed by atoms with Gasteiger partial charge in [-0.15, -0.1) is 0 Å². The monoisotopic (exact) mass is 235 g/mol. The Morgan fingerprint density at radius 2 is 2.35 bits per heavy atom. The molecule has 17 heavy (non-hydrogen) atoms. The minimum atomic E-state index is -0.744. The number of methoxy groups -OCH3 is 1. The smallest absolute Gasteiger partial charge is 0.305 e. The normalized spacial score (nSPS) is 13.8. The summed E-state index contributed by atoms with van der Waals surface area (Å²) in [7, 11) is 1.69. The number of carboxylic acids is 1. The molecule has 0 atom stereocenters. The summed E-state index contributed by atoms with van der Waals surface area (Å²) in [5, 5.41) is 8.71. The van der Waals surface area contributed by atoms with Crippen molar-refractivity contribution in [1.29, 1.82) is 0 Å². The van der Waals surface area contributed by atoms with Gasteiger partial charge in [0, 0.05) is 25.9 Å². The topological polar surface area (TPSA) is 49.8 Å². The Kier molecular flexibility index (Phi) is 3.64. The van der Waals surface area contributed by atoms with Crippen molar-refractivity contribution in [3.8, 4) is 0 Å². The molecule has 92 valence electrons. The fourth-order valence-electron chi connectivity index (χ4n) is 2.33. The van der Waals surface area contributed by atoms with Crippen LogP contribution in [0.2, 0.25) is 0 Å². The maximum absolute atomic E-state index is 10.6. The van der Waals surface area contributed by atoms with Gasteiger partial charge in [0.15, 0.2) is 0 Å². The Morgan fingerprint density at radius 3 is 3.06 bits per heavy atom. The van der Waals surface area contributed by atoms with E-state index in [1.165, 1.54) is 16.8 Å². The molecule has 0 saturated heterocycles. The van der Waals surface area contributed by atoms with Crippen LogP contribution in [-0.4, -0.2) is 31.3 Å². The van der Waals surface area contributed by atoms with Crippen molar-refractivity contribution in [3.05, 3.63) is 29.3 Å². The van der Waals surface area contributed by atoms with E-state index in [9.17, 15) is 4.79 Å². The molecule has 0 fully saturated rings. The number of hydrogen-bond donors (Lipinski definition) is 1. The molecule has 0 radical (unpaired) electrons. The Hall–Kier alpha value is -1.55. The first-order valence-electron chi connectivity index (χ1n) is 5.79. The molecule has 1 aromatic carbocycles. The number of rotatable bonds is 5. The highest BCUT2D eigenvalue weighted by molar-refractivity contribution is 5.68. The molecule has 0 unspecified atom stereocenters. The number of fused-ring (bicyclic) bond motifs is 1. The summed E-state index contributed by atoms with van der Waals surface area (Å²) in [6.45, 7) is 2.11. The van der Waals surface area contributed by atoms with E-state index < -0.39 is 5.97 Å². The van der Waals surface area contributed by atoms with Gasteiger partial charge >= 0.3 is 5.97 Å². The number of benzene rings is 1. The van der Waals surface area contributed by atoms with Crippen LogP contribution in [-0.2, 0) is 22.6 Å². The number of hydrogen-bond acceptors (Lipinski definition) is 3. The summed E-state index contributed by atoms with van der Waals surface area (Å²) in [5.41, 5.74) is 3.68. The highest BCUT2D eigenvalue weighted by Gasteiger charge is 2.21. The van der Waals surface area contributed by atoms with Crippen molar-refractivity contribution < 1.29 is 14.6 Å². The third-order valence-electron chi connectivity index (χ3n) is 3.12. The molecule has 0 aliphatic carbocycles. The standard InChI is InChI=1S/C13H17NO3/c1-17-9-10-3-2-4-12-11(10)5-7-14(12)8-6-13(15)16/h2-4H,5-9H2,1H3,(H,15,16). The number of ether oxygens (including phenoxy) is 1. The van der Waals surface area contributed by atoms with E-state index in [1.54, 1.807) is 7.11 Å². The first kappa shape index (κ1) is 11.9. The summed E-state index contributed by atoms with van der Waals surface area (Å²) in [4.78, 5) is 12.7. The van der Waals surface area contributed by atoms with Crippen LogP contribution in [0.1, 0.15) is 17.5 Å². The molecule has 0 spiro atoms. The summed E-state index contributed by atoms with van der Waals surface area (Å²) in [6, 6.07) is 6.14. The van der Waals surface area contributed by atoms with E-state index in [2.05, 4.69) is 17.0 Å². The van der Waals surface area contributed by atoms with Crippen molar-refractivity contribution in [2.24, 2.45) is 0 Å². The zero-order chi connectivity index (χ0) is 12.3. The second kappa shape index (κ2) is 5.19. The molecule has 1 aliphatic rings. The molecule has 4 heteroatoms. The van der Waals surface area contributed by atoms with Crippen LogP contribution in [0.5, 0.6) is 0 Å². The van der Waals surface area contributed by atoms with Gasteiger partial charge in [0.1, 0.15) is 0 Å². The van der Waals surface area contributed by atoms with Crippen LogP contribution in [0.3, 0.4) is 0 Å². The van der Waals surface area contributed by atoms with E-state index in [4.69, 9.17) is 9.84 Å². The van der Waals surface area contributed by atoms with Crippen molar-refractivity contribution in [3.63, 3.8) is 0 Å². The molecular weight excluding hydrogens is 218 g/mol. The summed E-state index contributed by atoms with van der Waals surface area (Å²) in [5.74, 6) is -0.744. The Bertz CT molecular complexity index is 417. The van der Waals surface area contributed by atoms with Gasteiger partial charge in [0.25, 0.3) is 0 Å². The molecule has 4 nitrogen and oxygen atoms in total. The third kappa shape index (κ3) is 2.58. The second-order valence-corrected chi connectivity index (χ2v) is 4.23. The van der Waals surface area contributed by atoms with Crippen LogP contribution in [0, 0.1) is 0 Å². The lowest BCUT2D eigenvalue weighted by Gasteiger charge is -2.18. The van der Waals surface area contributed by atoms with Gasteiger partial charge in [0.2, 0.25) is 0 Å². The van der Waals surface area contributed by atoms with Crippen molar-refractivity contribution in [2.75, 3.05) is 25.1 Å². The predicted molar refractivity (Wildman–Crippen MR) is 65.3 cm³/mol. The Labute approximate surface area is 101 Å². The van der Waals surface area contributed by atoms with Gasteiger partial charge < -0.3 is 14.7 Å². The average molecular weight is 235 g/mol. The van der Waals surface area contributed by atoms with Crippen molar-refractivity contribution in [1.82, 2.24) is 0 Å². The number of anilines is 1. The highest BCUT2D eigenvalue weighted by atomic mass is 16.5. The molecule has 1 heterocycles. The van der Waals surface area contributed by atoms with Crippen LogP contribution in [0.25, 0.3) is 0 Å². The van der Waals surface area contributed by atoms with E-state index >= 15 is 0 Å². The molecule has 1 aliphatic heterocycles. The Morgan fingerprint density at radius 1 is 1.53 bits per heavy atom. The molecule has 0 amide bonds. The summed E-state index contributed by atoms with van der Waals surface area (Å²) >= 11 is 0. The maximum Gasteiger partial charge on any atom is 0.305 e. The number of carboxylic acid groups (broad SMARTS) is 1. The maximum atomic E-state index is 10.6. The summed E-state index contributed by atoms with van der Waals surface area (Å²) in [6.07, 6.45) is 1.17. The lowest BCUT2D eigenvalue weighted by molar-refractivity contribution is -0.136. The van der Waals surface area contributed by atoms with Gasteiger partial charge in [-0.25, -0.2) is 0 Å². The fourth-order valence-corrected chi connectivity index (χ4v) is 2.33. The van der Waals surface area contributed by atoms with Crippen LogP contribution < -0.4 is 4.90 Å². The zero-order valence-corrected chi connectivity index (χ0v) is 9.98. The fraction of sp³-hybridized carbons (Fsp3) is 0.462. The quantitative estimate of drug-likeness (QED) is 0.843. The first-order valence-corrected chi connectivity index (χ1v) is 5.79. The molecule has 2 rings (SSSR count).